The Morgan fingerprint density at radius 3 is 0.905 bits per heavy atom. The first-order valence-corrected chi connectivity index (χ1v) is 16.8. The Morgan fingerprint density at radius 1 is 0.452 bits per heavy atom. The standard InChI is InChI=1S/C36H63N3O3/c1-25(2)13-10-16-28(7)19-34(40)37-31-22-32(38-35(41)20-29(8)17-11-14-26(3)4)24-33(23-31)39-36(42)21-30(9)18-12-15-27(5)6/h22-30H,10-21H2,1-9H3,(H,37,40)(H,38,41)(H,39,42)/t28-,29-,30-/m1/s1. The quantitative estimate of drug-likeness (QED) is 0.134. The lowest BCUT2D eigenvalue weighted by Gasteiger charge is -2.17. The molecule has 1 aromatic carbocycles. The van der Waals surface area contributed by atoms with Gasteiger partial charge in [0.15, 0.2) is 0 Å². The summed E-state index contributed by atoms with van der Waals surface area (Å²) in [6.07, 6.45) is 11.3. The van der Waals surface area contributed by atoms with E-state index in [1.54, 1.807) is 18.2 Å². The second kappa shape index (κ2) is 20.5. The van der Waals surface area contributed by atoms with Gasteiger partial charge in [0, 0.05) is 36.3 Å². The predicted molar refractivity (Wildman–Crippen MR) is 180 cm³/mol. The van der Waals surface area contributed by atoms with Gasteiger partial charge in [-0.25, -0.2) is 0 Å². The first-order valence-electron chi connectivity index (χ1n) is 16.8. The van der Waals surface area contributed by atoms with Gasteiger partial charge < -0.3 is 16.0 Å². The van der Waals surface area contributed by atoms with E-state index < -0.39 is 0 Å². The molecule has 0 aromatic heterocycles. The Balaban J connectivity index is 2.90. The van der Waals surface area contributed by atoms with Crippen LogP contribution >= 0.6 is 0 Å². The SMILES string of the molecule is CC(C)CCC[C@@H](C)CC(=O)Nc1cc(NC(=O)C[C@H](C)CCCC(C)C)cc(NC(=O)C[C@H](C)CCCC(C)C)c1. The highest BCUT2D eigenvalue weighted by atomic mass is 16.2. The molecule has 0 heterocycles. The summed E-state index contributed by atoms with van der Waals surface area (Å²) in [6.45, 7) is 19.7. The fourth-order valence-corrected chi connectivity index (χ4v) is 5.36. The van der Waals surface area contributed by atoms with E-state index in [2.05, 4.69) is 78.3 Å². The van der Waals surface area contributed by atoms with Crippen molar-refractivity contribution < 1.29 is 14.4 Å². The topological polar surface area (TPSA) is 87.3 Å². The number of carbonyl (C=O) groups excluding carboxylic acids is 3. The highest BCUT2D eigenvalue weighted by Crippen LogP contribution is 2.26. The molecule has 1 aromatic rings. The molecule has 3 atom stereocenters. The summed E-state index contributed by atoms with van der Waals surface area (Å²) in [5.74, 6) is 2.73. The summed E-state index contributed by atoms with van der Waals surface area (Å²) in [5.41, 5.74) is 1.74. The van der Waals surface area contributed by atoms with Crippen molar-refractivity contribution in [2.24, 2.45) is 35.5 Å². The molecule has 0 bridgehead atoms. The van der Waals surface area contributed by atoms with Crippen molar-refractivity contribution in [3.8, 4) is 0 Å². The number of rotatable bonds is 21. The van der Waals surface area contributed by atoms with Crippen LogP contribution in [0.4, 0.5) is 17.1 Å². The van der Waals surface area contributed by atoms with E-state index in [0.29, 0.717) is 71.8 Å². The molecule has 0 spiro atoms. The second-order valence-corrected chi connectivity index (χ2v) is 14.3. The van der Waals surface area contributed by atoms with Gasteiger partial charge in [0.2, 0.25) is 17.7 Å². The summed E-state index contributed by atoms with van der Waals surface area (Å²) < 4.78 is 0. The molecule has 0 saturated heterocycles. The molecule has 0 aliphatic heterocycles. The van der Waals surface area contributed by atoms with Gasteiger partial charge in [-0.2, -0.15) is 0 Å². The van der Waals surface area contributed by atoms with Crippen molar-refractivity contribution in [2.45, 2.75) is 139 Å². The molecule has 42 heavy (non-hydrogen) atoms. The monoisotopic (exact) mass is 585 g/mol. The number of hydrogen-bond donors (Lipinski definition) is 3. The van der Waals surface area contributed by atoms with Crippen molar-refractivity contribution >= 4 is 34.8 Å². The van der Waals surface area contributed by atoms with Crippen molar-refractivity contribution in [2.75, 3.05) is 16.0 Å². The molecule has 3 amide bonds. The minimum Gasteiger partial charge on any atom is -0.326 e. The third-order valence-corrected chi connectivity index (χ3v) is 7.82. The van der Waals surface area contributed by atoms with Gasteiger partial charge in [0.1, 0.15) is 0 Å². The molecule has 1 rings (SSSR count). The second-order valence-electron chi connectivity index (χ2n) is 14.3. The van der Waals surface area contributed by atoms with Crippen LogP contribution in [0.1, 0.15) is 139 Å². The van der Waals surface area contributed by atoms with E-state index in [4.69, 9.17) is 0 Å². The van der Waals surface area contributed by atoms with Crippen molar-refractivity contribution in [3.63, 3.8) is 0 Å². The number of carbonyl (C=O) groups is 3. The van der Waals surface area contributed by atoms with Crippen molar-refractivity contribution in [1.29, 1.82) is 0 Å². The van der Waals surface area contributed by atoms with E-state index >= 15 is 0 Å². The van der Waals surface area contributed by atoms with Crippen LogP contribution in [-0.4, -0.2) is 17.7 Å². The maximum Gasteiger partial charge on any atom is 0.224 e. The molecule has 3 N–H and O–H groups in total. The number of hydrogen-bond acceptors (Lipinski definition) is 3. The Morgan fingerprint density at radius 2 is 0.690 bits per heavy atom. The third-order valence-electron chi connectivity index (χ3n) is 7.82. The lowest BCUT2D eigenvalue weighted by molar-refractivity contribution is -0.117. The van der Waals surface area contributed by atoms with Gasteiger partial charge in [-0.3, -0.25) is 14.4 Å². The van der Waals surface area contributed by atoms with Gasteiger partial charge >= 0.3 is 0 Å². The average Bonchev–Trinajstić information content (AvgIpc) is 2.82. The highest BCUT2D eigenvalue weighted by Gasteiger charge is 2.15. The van der Waals surface area contributed by atoms with E-state index in [9.17, 15) is 14.4 Å². The molecule has 0 radical (unpaired) electrons. The smallest absolute Gasteiger partial charge is 0.224 e. The first kappa shape index (κ1) is 37.7. The summed E-state index contributed by atoms with van der Waals surface area (Å²) in [7, 11) is 0. The fraction of sp³-hybridized carbons (Fsp3) is 0.750. The summed E-state index contributed by atoms with van der Waals surface area (Å²) in [4.78, 5) is 38.7. The van der Waals surface area contributed by atoms with Crippen LogP contribution in [0.25, 0.3) is 0 Å². The molecule has 0 unspecified atom stereocenters. The number of nitrogens with one attached hydrogen (secondary N) is 3. The fourth-order valence-electron chi connectivity index (χ4n) is 5.36. The lowest BCUT2D eigenvalue weighted by Crippen LogP contribution is -2.19. The molecule has 240 valence electrons. The molecule has 0 aliphatic carbocycles. The normalized spacial score (nSPS) is 13.7. The average molecular weight is 586 g/mol. The van der Waals surface area contributed by atoms with Gasteiger partial charge in [-0.15, -0.1) is 0 Å². The van der Waals surface area contributed by atoms with Crippen LogP contribution < -0.4 is 16.0 Å². The molecule has 0 saturated carbocycles. The van der Waals surface area contributed by atoms with Gasteiger partial charge in [0.05, 0.1) is 0 Å². The zero-order valence-corrected chi connectivity index (χ0v) is 28.4. The van der Waals surface area contributed by atoms with Crippen LogP contribution in [0, 0.1) is 35.5 Å². The summed E-state index contributed by atoms with van der Waals surface area (Å²) in [5, 5.41) is 9.05. The van der Waals surface area contributed by atoms with Crippen molar-refractivity contribution in [3.05, 3.63) is 18.2 Å². The van der Waals surface area contributed by atoms with Crippen LogP contribution in [0.3, 0.4) is 0 Å². The zero-order chi connectivity index (χ0) is 31.7. The summed E-state index contributed by atoms with van der Waals surface area (Å²) in [6, 6.07) is 5.35. The zero-order valence-electron chi connectivity index (χ0n) is 28.4. The van der Waals surface area contributed by atoms with Crippen LogP contribution in [-0.2, 0) is 14.4 Å². The highest BCUT2D eigenvalue weighted by molar-refractivity contribution is 5.97. The van der Waals surface area contributed by atoms with Gasteiger partial charge in [-0.05, 0) is 53.7 Å². The minimum absolute atomic E-state index is 0.0506. The predicted octanol–water partition coefficient (Wildman–Crippen LogP) is 10.1. The first-order chi connectivity index (χ1) is 19.7. The Bertz CT molecular complexity index is 810. The molecular weight excluding hydrogens is 522 g/mol. The van der Waals surface area contributed by atoms with Gasteiger partial charge in [0.25, 0.3) is 0 Å². The molecule has 0 aliphatic rings. The van der Waals surface area contributed by atoms with E-state index in [0.717, 1.165) is 38.5 Å². The Labute approximate surface area is 258 Å². The number of benzene rings is 1. The van der Waals surface area contributed by atoms with Crippen LogP contribution in [0.15, 0.2) is 18.2 Å². The molecular formula is C36H63N3O3. The Kier molecular flexibility index (Phi) is 18.4. The third kappa shape index (κ3) is 18.9. The van der Waals surface area contributed by atoms with E-state index in [-0.39, 0.29) is 17.7 Å². The van der Waals surface area contributed by atoms with Gasteiger partial charge in [-0.1, -0.05) is 120 Å². The lowest BCUT2D eigenvalue weighted by atomic mass is 9.97. The van der Waals surface area contributed by atoms with Crippen LogP contribution in [0.5, 0.6) is 0 Å². The van der Waals surface area contributed by atoms with E-state index in [1.165, 1.54) is 19.3 Å². The van der Waals surface area contributed by atoms with Crippen LogP contribution in [0.2, 0.25) is 0 Å². The maximum atomic E-state index is 12.9. The number of amides is 3. The number of anilines is 3. The van der Waals surface area contributed by atoms with E-state index in [1.807, 2.05) is 0 Å². The minimum atomic E-state index is -0.0506. The molecule has 0 fully saturated rings. The summed E-state index contributed by atoms with van der Waals surface area (Å²) >= 11 is 0. The maximum absolute atomic E-state index is 12.9. The molecule has 6 nitrogen and oxygen atoms in total. The van der Waals surface area contributed by atoms with Crippen molar-refractivity contribution in [1.82, 2.24) is 0 Å². The largest absolute Gasteiger partial charge is 0.326 e. The Hall–Kier alpha value is -2.37. The molecule has 6 heteroatoms.